The SMILES string of the molecule is CC(S)CC(NCc1cc([N+](=O)[O-])cc2[nH]c(=O)c(=O)[nH]c12)P(=O)(O)O. The molecule has 1 heterocycles. The van der Waals surface area contributed by atoms with Gasteiger partial charge in [-0.25, -0.2) is 0 Å². The molecule has 2 aromatic rings. The summed E-state index contributed by atoms with van der Waals surface area (Å²) in [6, 6.07) is 2.25. The van der Waals surface area contributed by atoms with Crippen LogP contribution in [0.1, 0.15) is 18.9 Å². The molecule has 11 nitrogen and oxygen atoms in total. The van der Waals surface area contributed by atoms with E-state index in [9.17, 15) is 34.1 Å². The van der Waals surface area contributed by atoms with Crippen LogP contribution in [0.15, 0.2) is 21.7 Å². The lowest BCUT2D eigenvalue weighted by Crippen LogP contribution is -2.32. The third kappa shape index (κ3) is 4.80. The smallest absolute Gasteiger partial charge is 0.323 e. The van der Waals surface area contributed by atoms with E-state index in [-0.39, 0.29) is 40.5 Å². The van der Waals surface area contributed by atoms with Crippen molar-refractivity contribution in [1.29, 1.82) is 0 Å². The van der Waals surface area contributed by atoms with Gasteiger partial charge in [-0.1, -0.05) is 6.92 Å². The molecule has 2 atom stereocenters. The van der Waals surface area contributed by atoms with E-state index in [4.69, 9.17) is 0 Å². The van der Waals surface area contributed by atoms with Crippen molar-refractivity contribution >= 4 is 36.9 Å². The molecule has 0 fully saturated rings. The molecule has 0 radical (unpaired) electrons. The maximum atomic E-state index is 11.6. The molecule has 0 bridgehead atoms. The topological polar surface area (TPSA) is 178 Å². The molecule has 0 aliphatic rings. The quantitative estimate of drug-likeness (QED) is 0.126. The fourth-order valence-corrected chi connectivity index (χ4v) is 3.71. The number of thiol groups is 1. The van der Waals surface area contributed by atoms with E-state index in [0.717, 1.165) is 12.1 Å². The molecule has 142 valence electrons. The standard InChI is InChI=1S/C13H17N4O7PS/c1-6(26)2-10(25(22,23)24)14-5-7-3-8(17(20)21)4-9-11(7)16-13(19)12(18)15-9/h3-4,6,10,14,26H,2,5H2,1H3,(H,15,18)(H,16,19)(H2,22,23,24). The Morgan fingerprint density at radius 1 is 1.31 bits per heavy atom. The maximum absolute atomic E-state index is 11.6. The fraction of sp³-hybridized carbons (Fsp3) is 0.385. The van der Waals surface area contributed by atoms with Crippen molar-refractivity contribution in [2.24, 2.45) is 0 Å². The first kappa shape index (κ1) is 20.3. The average molecular weight is 404 g/mol. The van der Waals surface area contributed by atoms with E-state index in [1.165, 1.54) is 0 Å². The highest BCUT2D eigenvalue weighted by Crippen LogP contribution is 2.42. The fourth-order valence-electron chi connectivity index (χ4n) is 2.42. The van der Waals surface area contributed by atoms with E-state index in [2.05, 4.69) is 27.9 Å². The number of non-ortho nitro benzene ring substituents is 1. The predicted molar refractivity (Wildman–Crippen MR) is 97.6 cm³/mol. The van der Waals surface area contributed by atoms with Crippen molar-refractivity contribution < 1.29 is 19.3 Å². The molecule has 5 N–H and O–H groups in total. The summed E-state index contributed by atoms with van der Waals surface area (Å²) in [7, 11) is -4.50. The number of rotatable bonds is 7. The molecule has 0 amide bonds. The zero-order valence-corrected chi connectivity index (χ0v) is 15.3. The zero-order valence-electron chi connectivity index (χ0n) is 13.5. The number of aromatic amines is 2. The summed E-state index contributed by atoms with van der Waals surface area (Å²) in [5.41, 5.74) is -1.87. The van der Waals surface area contributed by atoms with Crippen LogP contribution >= 0.6 is 20.2 Å². The Morgan fingerprint density at radius 2 is 1.92 bits per heavy atom. The van der Waals surface area contributed by atoms with Crippen LogP contribution in [0.3, 0.4) is 0 Å². The van der Waals surface area contributed by atoms with Crippen LogP contribution < -0.4 is 16.4 Å². The number of nitro benzene ring substituents is 1. The summed E-state index contributed by atoms with van der Waals surface area (Å²) in [5, 5.41) is 13.4. The van der Waals surface area contributed by atoms with E-state index < -0.39 is 29.4 Å². The second-order valence-corrected chi connectivity index (χ2v) is 8.45. The van der Waals surface area contributed by atoms with Crippen molar-refractivity contribution in [3.63, 3.8) is 0 Å². The van der Waals surface area contributed by atoms with Gasteiger partial charge in [-0.15, -0.1) is 0 Å². The van der Waals surface area contributed by atoms with Crippen LogP contribution in [-0.2, 0) is 11.1 Å². The number of H-pyrrole nitrogens is 2. The molecule has 0 saturated carbocycles. The normalized spacial score (nSPS) is 14.3. The number of nitrogens with one attached hydrogen (secondary N) is 3. The van der Waals surface area contributed by atoms with E-state index in [1.807, 2.05) is 0 Å². The number of aromatic nitrogens is 2. The highest BCUT2D eigenvalue weighted by Gasteiger charge is 2.29. The van der Waals surface area contributed by atoms with Crippen molar-refractivity contribution in [2.75, 3.05) is 0 Å². The Hall–Kier alpha value is -1.98. The van der Waals surface area contributed by atoms with Crippen molar-refractivity contribution in [3.05, 3.63) is 48.5 Å². The van der Waals surface area contributed by atoms with Crippen LogP contribution in [-0.4, -0.2) is 35.7 Å². The predicted octanol–water partition coefficient (Wildman–Crippen LogP) is 0.426. The first-order chi connectivity index (χ1) is 12.0. The van der Waals surface area contributed by atoms with Crippen LogP contribution in [0.2, 0.25) is 0 Å². The third-order valence-electron chi connectivity index (χ3n) is 3.61. The Kier molecular flexibility index (Phi) is 6.04. The van der Waals surface area contributed by atoms with Crippen LogP contribution in [0.25, 0.3) is 11.0 Å². The summed E-state index contributed by atoms with van der Waals surface area (Å²) in [5.74, 6) is -1.22. The summed E-state index contributed by atoms with van der Waals surface area (Å²) in [6.07, 6.45) is 0.0492. The van der Waals surface area contributed by atoms with Crippen molar-refractivity contribution in [2.45, 2.75) is 30.9 Å². The summed E-state index contributed by atoms with van der Waals surface area (Å²) in [4.78, 5) is 56.9. The molecular weight excluding hydrogens is 387 g/mol. The van der Waals surface area contributed by atoms with Crippen LogP contribution in [0.4, 0.5) is 5.69 Å². The van der Waals surface area contributed by atoms with Gasteiger partial charge < -0.3 is 19.8 Å². The van der Waals surface area contributed by atoms with Gasteiger partial charge in [-0.3, -0.25) is 29.6 Å². The van der Waals surface area contributed by atoms with Crippen LogP contribution in [0.5, 0.6) is 0 Å². The monoisotopic (exact) mass is 404 g/mol. The summed E-state index contributed by atoms with van der Waals surface area (Å²) >= 11 is 4.12. The highest BCUT2D eigenvalue weighted by molar-refractivity contribution is 7.80. The number of hydrogen-bond donors (Lipinski definition) is 6. The number of nitrogens with zero attached hydrogens (tertiary/aromatic N) is 1. The molecule has 13 heteroatoms. The summed E-state index contributed by atoms with van der Waals surface area (Å²) < 4.78 is 11.6. The Labute approximate surface area is 151 Å². The first-order valence-corrected chi connectivity index (χ1v) is 9.59. The van der Waals surface area contributed by atoms with Gasteiger partial charge in [0.05, 0.1) is 16.0 Å². The van der Waals surface area contributed by atoms with Gasteiger partial charge in [0.2, 0.25) is 0 Å². The molecule has 0 saturated heterocycles. The van der Waals surface area contributed by atoms with Gasteiger partial charge in [-0.05, 0) is 12.0 Å². The molecule has 0 aliphatic heterocycles. The Balaban J connectivity index is 2.48. The molecule has 2 unspecified atom stereocenters. The number of nitro groups is 1. The van der Waals surface area contributed by atoms with E-state index >= 15 is 0 Å². The van der Waals surface area contributed by atoms with Gasteiger partial charge in [0.1, 0.15) is 5.78 Å². The number of fused-ring (bicyclic) bond motifs is 1. The average Bonchev–Trinajstić information content (AvgIpc) is 2.50. The van der Waals surface area contributed by atoms with Gasteiger partial charge in [-0.2, -0.15) is 12.6 Å². The molecule has 26 heavy (non-hydrogen) atoms. The van der Waals surface area contributed by atoms with Crippen molar-refractivity contribution in [1.82, 2.24) is 15.3 Å². The second kappa shape index (κ2) is 7.72. The summed E-state index contributed by atoms with van der Waals surface area (Å²) in [6.45, 7) is 1.48. The lowest BCUT2D eigenvalue weighted by atomic mass is 10.1. The minimum Gasteiger partial charge on any atom is -0.323 e. The Bertz CT molecular complexity index is 996. The molecule has 2 rings (SSSR count). The van der Waals surface area contributed by atoms with Crippen molar-refractivity contribution in [3.8, 4) is 0 Å². The number of hydrogen-bond acceptors (Lipinski definition) is 7. The first-order valence-electron chi connectivity index (χ1n) is 7.39. The van der Waals surface area contributed by atoms with Gasteiger partial charge in [0.15, 0.2) is 0 Å². The van der Waals surface area contributed by atoms with Gasteiger partial charge in [0, 0.05) is 23.9 Å². The lowest BCUT2D eigenvalue weighted by molar-refractivity contribution is -0.384. The van der Waals surface area contributed by atoms with Gasteiger partial charge >= 0.3 is 18.7 Å². The minimum absolute atomic E-state index is 0.0379. The van der Waals surface area contributed by atoms with Crippen LogP contribution in [0, 0.1) is 10.1 Å². The molecule has 0 aliphatic carbocycles. The van der Waals surface area contributed by atoms with E-state index in [0.29, 0.717) is 0 Å². The lowest BCUT2D eigenvalue weighted by Gasteiger charge is -2.21. The number of benzene rings is 1. The third-order valence-corrected chi connectivity index (χ3v) is 5.02. The Morgan fingerprint density at radius 3 is 2.46 bits per heavy atom. The van der Waals surface area contributed by atoms with Gasteiger partial charge in [0.25, 0.3) is 5.69 Å². The largest absolute Gasteiger partial charge is 0.342 e. The molecular formula is C13H17N4O7PS. The molecule has 1 aromatic carbocycles. The second-order valence-electron chi connectivity index (χ2n) is 5.76. The van der Waals surface area contributed by atoms with E-state index in [1.54, 1.807) is 6.92 Å². The zero-order chi connectivity index (χ0) is 19.6. The molecule has 1 aromatic heterocycles. The highest BCUT2D eigenvalue weighted by atomic mass is 32.1. The minimum atomic E-state index is -4.50. The maximum Gasteiger partial charge on any atom is 0.342 e. The molecule has 0 spiro atoms.